The number of rotatable bonds is 4. The standard InChI is InChI=1S/C15H22N4O4/c16-10-3-4-12(19-7-5-11(21)13(19)15(22)23)17-14(10)18-6-1-2-9(18)8-20/h3-4,9,11,13,20-21H,1-2,5-8,16H2,(H,22,23). The quantitative estimate of drug-likeness (QED) is 0.593. The highest BCUT2D eigenvalue weighted by Crippen LogP contribution is 2.32. The minimum Gasteiger partial charge on any atom is -0.480 e. The summed E-state index contributed by atoms with van der Waals surface area (Å²) in [5.74, 6) is -0.00380. The summed E-state index contributed by atoms with van der Waals surface area (Å²) < 4.78 is 0. The first-order valence-electron chi connectivity index (χ1n) is 7.84. The van der Waals surface area contributed by atoms with Crippen LogP contribution in [0.2, 0.25) is 0 Å². The van der Waals surface area contributed by atoms with Gasteiger partial charge < -0.3 is 30.9 Å². The number of hydrogen-bond donors (Lipinski definition) is 4. The molecule has 0 spiro atoms. The summed E-state index contributed by atoms with van der Waals surface area (Å²) in [5.41, 5.74) is 6.54. The number of aliphatic hydroxyl groups is 2. The van der Waals surface area contributed by atoms with Gasteiger partial charge in [-0.15, -0.1) is 0 Å². The van der Waals surface area contributed by atoms with E-state index in [4.69, 9.17) is 5.73 Å². The van der Waals surface area contributed by atoms with E-state index in [1.807, 2.05) is 4.90 Å². The highest BCUT2D eigenvalue weighted by atomic mass is 16.4. The fourth-order valence-corrected chi connectivity index (χ4v) is 3.47. The van der Waals surface area contributed by atoms with E-state index in [0.29, 0.717) is 30.3 Å². The van der Waals surface area contributed by atoms with Crippen LogP contribution in [0.1, 0.15) is 19.3 Å². The summed E-state index contributed by atoms with van der Waals surface area (Å²) in [6, 6.07) is 2.37. The molecular formula is C15H22N4O4. The van der Waals surface area contributed by atoms with E-state index >= 15 is 0 Å². The van der Waals surface area contributed by atoms with Crippen molar-refractivity contribution in [2.75, 3.05) is 35.2 Å². The zero-order valence-electron chi connectivity index (χ0n) is 12.8. The molecule has 2 aliphatic rings. The summed E-state index contributed by atoms with van der Waals surface area (Å²) in [7, 11) is 0. The van der Waals surface area contributed by atoms with Gasteiger partial charge in [-0.25, -0.2) is 9.78 Å². The molecule has 3 heterocycles. The van der Waals surface area contributed by atoms with Crippen LogP contribution in [0.5, 0.6) is 0 Å². The lowest BCUT2D eigenvalue weighted by molar-refractivity contribution is -0.140. The molecule has 0 aromatic carbocycles. The highest BCUT2D eigenvalue weighted by Gasteiger charge is 2.39. The second kappa shape index (κ2) is 6.21. The van der Waals surface area contributed by atoms with Gasteiger partial charge >= 0.3 is 5.97 Å². The minimum atomic E-state index is -1.07. The first kappa shape index (κ1) is 15.8. The van der Waals surface area contributed by atoms with Gasteiger partial charge in [0, 0.05) is 13.1 Å². The molecule has 0 aliphatic carbocycles. The van der Waals surface area contributed by atoms with Gasteiger partial charge in [0.2, 0.25) is 0 Å². The molecule has 3 unspecified atom stereocenters. The fourth-order valence-electron chi connectivity index (χ4n) is 3.47. The van der Waals surface area contributed by atoms with Crippen LogP contribution in [0.25, 0.3) is 0 Å². The van der Waals surface area contributed by atoms with Gasteiger partial charge in [-0.05, 0) is 31.4 Å². The number of carboxylic acid groups (broad SMARTS) is 1. The zero-order chi connectivity index (χ0) is 16.6. The number of aliphatic hydroxyl groups excluding tert-OH is 2. The maximum atomic E-state index is 11.4. The lowest BCUT2D eigenvalue weighted by Gasteiger charge is -2.28. The zero-order valence-corrected chi connectivity index (χ0v) is 12.8. The summed E-state index contributed by atoms with van der Waals surface area (Å²) in [6.45, 7) is 1.22. The average Bonchev–Trinajstić information content (AvgIpc) is 3.14. The maximum Gasteiger partial charge on any atom is 0.329 e. The Bertz CT molecular complexity index is 597. The topological polar surface area (TPSA) is 123 Å². The van der Waals surface area contributed by atoms with Crippen LogP contribution < -0.4 is 15.5 Å². The number of nitrogens with two attached hydrogens (primary N) is 1. The molecule has 8 heteroatoms. The third-order valence-corrected chi connectivity index (χ3v) is 4.66. The average molecular weight is 322 g/mol. The molecule has 5 N–H and O–H groups in total. The molecule has 0 radical (unpaired) electrons. The number of hydrogen-bond acceptors (Lipinski definition) is 7. The molecule has 3 rings (SSSR count). The highest BCUT2D eigenvalue weighted by molar-refractivity contribution is 5.80. The van der Waals surface area contributed by atoms with Crippen molar-refractivity contribution in [3.63, 3.8) is 0 Å². The largest absolute Gasteiger partial charge is 0.480 e. The number of anilines is 3. The monoisotopic (exact) mass is 322 g/mol. The van der Waals surface area contributed by atoms with Crippen molar-refractivity contribution in [1.29, 1.82) is 0 Å². The summed E-state index contributed by atoms with van der Waals surface area (Å²) in [5, 5.41) is 28.7. The van der Waals surface area contributed by atoms with E-state index in [9.17, 15) is 20.1 Å². The predicted molar refractivity (Wildman–Crippen MR) is 85.5 cm³/mol. The Balaban J connectivity index is 1.93. The molecule has 1 aromatic heterocycles. The van der Waals surface area contributed by atoms with Crippen LogP contribution in [0.4, 0.5) is 17.3 Å². The van der Waals surface area contributed by atoms with Gasteiger partial charge in [-0.3, -0.25) is 0 Å². The van der Waals surface area contributed by atoms with Gasteiger partial charge in [0.25, 0.3) is 0 Å². The molecule has 0 amide bonds. The SMILES string of the molecule is Nc1ccc(N2CCC(O)C2C(=O)O)nc1N1CCCC1CO. The Kier molecular flexibility index (Phi) is 4.27. The van der Waals surface area contributed by atoms with Crippen LogP contribution in [-0.4, -0.2) is 64.2 Å². The van der Waals surface area contributed by atoms with Gasteiger partial charge in [-0.2, -0.15) is 0 Å². The number of carboxylic acids is 1. The fraction of sp³-hybridized carbons (Fsp3) is 0.600. The maximum absolute atomic E-state index is 11.4. The van der Waals surface area contributed by atoms with E-state index in [2.05, 4.69) is 4.98 Å². The van der Waals surface area contributed by atoms with Crippen molar-refractivity contribution in [2.24, 2.45) is 0 Å². The third-order valence-electron chi connectivity index (χ3n) is 4.66. The van der Waals surface area contributed by atoms with Crippen LogP contribution in [0.3, 0.4) is 0 Å². The van der Waals surface area contributed by atoms with E-state index < -0.39 is 18.1 Å². The van der Waals surface area contributed by atoms with Crippen LogP contribution in [-0.2, 0) is 4.79 Å². The Morgan fingerprint density at radius 2 is 2.09 bits per heavy atom. The molecule has 1 aromatic rings. The molecule has 3 atom stereocenters. The molecule has 2 fully saturated rings. The Hall–Kier alpha value is -2.06. The number of aliphatic carboxylic acids is 1. The second-order valence-corrected chi connectivity index (χ2v) is 6.09. The number of nitrogen functional groups attached to an aromatic ring is 1. The third kappa shape index (κ3) is 2.79. The Labute approximate surface area is 134 Å². The van der Waals surface area contributed by atoms with Crippen molar-refractivity contribution >= 4 is 23.3 Å². The first-order chi connectivity index (χ1) is 11.0. The number of aromatic nitrogens is 1. The van der Waals surface area contributed by atoms with Gasteiger partial charge in [0.05, 0.1) is 24.4 Å². The van der Waals surface area contributed by atoms with E-state index in [1.54, 1.807) is 17.0 Å². The number of nitrogens with zero attached hydrogens (tertiary/aromatic N) is 3. The molecule has 2 saturated heterocycles. The van der Waals surface area contributed by atoms with E-state index in [0.717, 1.165) is 19.4 Å². The smallest absolute Gasteiger partial charge is 0.329 e. The van der Waals surface area contributed by atoms with Gasteiger partial charge in [0.15, 0.2) is 11.9 Å². The summed E-state index contributed by atoms with van der Waals surface area (Å²) in [6.07, 6.45) is 1.31. The molecular weight excluding hydrogens is 300 g/mol. The Morgan fingerprint density at radius 3 is 2.78 bits per heavy atom. The van der Waals surface area contributed by atoms with Crippen molar-refractivity contribution in [2.45, 2.75) is 37.5 Å². The van der Waals surface area contributed by atoms with Crippen LogP contribution >= 0.6 is 0 Å². The van der Waals surface area contributed by atoms with E-state index in [-0.39, 0.29) is 12.6 Å². The summed E-state index contributed by atoms with van der Waals surface area (Å²) in [4.78, 5) is 19.5. The Morgan fingerprint density at radius 1 is 1.30 bits per heavy atom. The molecule has 23 heavy (non-hydrogen) atoms. The number of pyridine rings is 1. The van der Waals surface area contributed by atoms with Crippen LogP contribution in [0, 0.1) is 0 Å². The van der Waals surface area contributed by atoms with Gasteiger partial charge in [-0.1, -0.05) is 0 Å². The molecule has 2 aliphatic heterocycles. The normalized spacial score (nSPS) is 27.7. The molecule has 0 bridgehead atoms. The lowest BCUT2D eigenvalue weighted by Crippen LogP contribution is -2.42. The van der Waals surface area contributed by atoms with Crippen LogP contribution in [0.15, 0.2) is 12.1 Å². The number of carbonyl (C=O) groups is 1. The second-order valence-electron chi connectivity index (χ2n) is 6.09. The minimum absolute atomic E-state index is 0.0144. The first-order valence-corrected chi connectivity index (χ1v) is 7.84. The summed E-state index contributed by atoms with van der Waals surface area (Å²) >= 11 is 0. The van der Waals surface area contributed by atoms with Gasteiger partial charge in [0.1, 0.15) is 5.82 Å². The van der Waals surface area contributed by atoms with Crippen molar-refractivity contribution in [3.05, 3.63) is 12.1 Å². The van der Waals surface area contributed by atoms with E-state index in [1.165, 1.54) is 0 Å². The lowest BCUT2D eigenvalue weighted by atomic mass is 10.2. The predicted octanol–water partition coefficient (Wildman–Crippen LogP) is -0.351. The molecule has 126 valence electrons. The molecule has 0 saturated carbocycles. The van der Waals surface area contributed by atoms with Crippen molar-refractivity contribution in [1.82, 2.24) is 4.98 Å². The van der Waals surface area contributed by atoms with Crippen molar-refractivity contribution in [3.8, 4) is 0 Å². The van der Waals surface area contributed by atoms with Crippen molar-refractivity contribution < 1.29 is 20.1 Å². The molecule has 8 nitrogen and oxygen atoms in total.